The summed E-state index contributed by atoms with van der Waals surface area (Å²) in [5.74, 6) is -1.47. The predicted octanol–water partition coefficient (Wildman–Crippen LogP) is 4.95. The van der Waals surface area contributed by atoms with Crippen molar-refractivity contribution >= 4 is 0 Å². The van der Waals surface area contributed by atoms with Gasteiger partial charge in [-0.1, -0.05) is 32.9 Å². The van der Waals surface area contributed by atoms with Crippen molar-refractivity contribution in [1.82, 2.24) is 25.0 Å². The maximum absolute atomic E-state index is 14.3. The Morgan fingerprint density at radius 2 is 1.70 bits per heavy atom. The van der Waals surface area contributed by atoms with Gasteiger partial charge in [0.05, 0.1) is 42.0 Å². The molecule has 33 heavy (non-hydrogen) atoms. The lowest BCUT2D eigenvalue weighted by molar-refractivity contribution is 0.269. The minimum absolute atomic E-state index is 0.00897. The van der Waals surface area contributed by atoms with Crippen molar-refractivity contribution in [3.05, 3.63) is 83.4 Å². The maximum atomic E-state index is 14.3. The van der Waals surface area contributed by atoms with Crippen LogP contribution in [-0.2, 0) is 6.54 Å². The molecule has 0 saturated heterocycles. The number of aliphatic hydroxyl groups excluding tert-OH is 1. The lowest BCUT2D eigenvalue weighted by Gasteiger charge is -2.18. The van der Waals surface area contributed by atoms with E-state index in [-0.39, 0.29) is 29.7 Å². The van der Waals surface area contributed by atoms with Crippen LogP contribution in [0.4, 0.5) is 8.78 Å². The van der Waals surface area contributed by atoms with Gasteiger partial charge in [-0.15, -0.1) is 0 Å². The molecule has 1 aromatic carbocycles. The largest absolute Gasteiger partial charge is 0.394 e. The van der Waals surface area contributed by atoms with Gasteiger partial charge in [-0.25, -0.2) is 8.78 Å². The van der Waals surface area contributed by atoms with Gasteiger partial charge in [0.15, 0.2) is 0 Å². The Morgan fingerprint density at radius 1 is 0.970 bits per heavy atom. The molecular formula is C25H25F2N5O. The third kappa shape index (κ3) is 4.66. The first-order valence-electron chi connectivity index (χ1n) is 10.8. The summed E-state index contributed by atoms with van der Waals surface area (Å²) in [6.07, 6.45) is 3.55. The molecule has 0 spiro atoms. The Bertz CT molecular complexity index is 1250. The van der Waals surface area contributed by atoms with Gasteiger partial charge < -0.3 is 5.11 Å². The van der Waals surface area contributed by atoms with Gasteiger partial charge in [0.25, 0.3) is 0 Å². The fraction of sp³-hybridized carbons (Fsp3) is 0.280. The maximum Gasteiger partial charge on any atom is 0.135 e. The van der Waals surface area contributed by atoms with E-state index in [9.17, 15) is 8.78 Å². The molecule has 1 atom stereocenters. The SMILES string of the molecule is CC(C)c1cc(-c2c(F)cccc2F)nnc1C(C)c1cccc(-c2cnn(CCO)c2)n1. The van der Waals surface area contributed by atoms with E-state index in [4.69, 9.17) is 10.1 Å². The number of benzene rings is 1. The van der Waals surface area contributed by atoms with Crippen LogP contribution in [0.15, 0.2) is 54.9 Å². The number of aromatic nitrogens is 5. The van der Waals surface area contributed by atoms with Gasteiger partial charge in [0, 0.05) is 23.4 Å². The first-order chi connectivity index (χ1) is 15.9. The molecule has 8 heteroatoms. The molecule has 1 N–H and O–H groups in total. The number of hydrogen-bond donors (Lipinski definition) is 1. The second-order valence-corrected chi connectivity index (χ2v) is 8.21. The van der Waals surface area contributed by atoms with Crippen molar-refractivity contribution < 1.29 is 13.9 Å². The fourth-order valence-electron chi connectivity index (χ4n) is 3.79. The highest BCUT2D eigenvalue weighted by molar-refractivity contribution is 5.62. The summed E-state index contributed by atoms with van der Waals surface area (Å²) in [4.78, 5) is 4.80. The second kappa shape index (κ2) is 9.54. The van der Waals surface area contributed by atoms with Gasteiger partial charge in [0.1, 0.15) is 11.6 Å². The summed E-state index contributed by atoms with van der Waals surface area (Å²) in [5.41, 5.74) is 3.97. The third-order valence-electron chi connectivity index (χ3n) is 5.58. The van der Waals surface area contributed by atoms with E-state index in [1.807, 2.05) is 45.2 Å². The minimum Gasteiger partial charge on any atom is -0.394 e. The molecule has 0 aliphatic rings. The summed E-state index contributed by atoms with van der Waals surface area (Å²) < 4.78 is 30.3. The molecule has 3 heterocycles. The zero-order valence-corrected chi connectivity index (χ0v) is 18.7. The van der Waals surface area contributed by atoms with Gasteiger partial charge in [0.2, 0.25) is 0 Å². The van der Waals surface area contributed by atoms with Crippen LogP contribution in [0.5, 0.6) is 0 Å². The summed E-state index contributed by atoms with van der Waals surface area (Å²) >= 11 is 0. The fourth-order valence-corrected chi connectivity index (χ4v) is 3.79. The van der Waals surface area contributed by atoms with Gasteiger partial charge >= 0.3 is 0 Å². The zero-order valence-electron chi connectivity index (χ0n) is 18.7. The van der Waals surface area contributed by atoms with Crippen molar-refractivity contribution in [1.29, 1.82) is 0 Å². The van der Waals surface area contributed by atoms with Crippen LogP contribution in [0.3, 0.4) is 0 Å². The molecule has 1 unspecified atom stereocenters. The van der Waals surface area contributed by atoms with Crippen LogP contribution in [0.1, 0.15) is 49.6 Å². The Morgan fingerprint density at radius 3 is 2.39 bits per heavy atom. The van der Waals surface area contributed by atoms with Crippen LogP contribution in [0, 0.1) is 11.6 Å². The number of nitrogens with zero attached hydrogens (tertiary/aromatic N) is 5. The number of aliphatic hydroxyl groups is 1. The average Bonchev–Trinajstić information content (AvgIpc) is 3.27. The molecule has 0 aliphatic carbocycles. The topological polar surface area (TPSA) is 76.7 Å². The highest BCUT2D eigenvalue weighted by Gasteiger charge is 2.22. The number of hydrogen-bond acceptors (Lipinski definition) is 5. The molecule has 4 rings (SSSR count). The Labute approximate surface area is 191 Å². The molecular weight excluding hydrogens is 424 g/mol. The quantitative estimate of drug-likeness (QED) is 0.432. The van der Waals surface area contributed by atoms with Crippen LogP contribution in [0.2, 0.25) is 0 Å². The van der Waals surface area contributed by atoms with E-state index >= 15 is 0 Å². The summed E-state index contributed by atoms with van der Waals surface area (Å²) in [6.45, 7) is 6.43. The first kappa shape index (κ1) is 22.7. The van der Waals surface area contributed by atoms with E-state index in [1.165, 1.54) is 18.2 Å². The third-order valence-corrected chi connectivity index (χ3v) is 5.58. The molecule has 0 saturated carbocycles. The Hall–Kier alpha value is -3.52. The molecule has 0 fully saturated rings. The minimum atomic E-state index is -0.670. The summed E-state index contributed by atoms with van der Waals surface area (Å²) in [5, 5.41) is 21.9. The number of pyridine rings is 1. The van der Waals surface area contributed by atoms with E-state index in [0.29, 0.717) is 12.2 Å². The van der Waals surface area contributed by atoms with Crippen molar-refractivity contribution in [2.24, 2.45) is 0 Å². The highest BCUT2D eigenvalue weighted by atomic mass is 19.1. The molecule has 0 aliphatic heterocycles. The van der Waals surface area contributed by atoms with Crippen molar-refractivity contribution in [2.45, 2.75) is 39.2 Å². The Balaban J connectivity index is 1.71. The van der Waals surface area contributed by atoms with E-state index in [2.05, 4.69) is 15.3 Å². The standard InChI is InChI=1S/C25H25F2N5O/c1-15(2)18-12-23(24-19(26)6-4-7-20(24)27)30-31-25(18)16(3)21-8-5-9-22(29-21)17-13-28-32(14-17)10-11-33/h4-9,12-16,33H,10-11H2,1-3H3. The van der Waals surface area contributed by atoms with Gasteiger partial charge in [-0.3, -0.25) is 9.67 Å². The van der Waals surface area contributed by atoms with E-state index in [1.54, 1.807) is 16.9 Å². The summed E-state index contributed by atoms with van der Waals surface area (Å²) in [6, 6.07) is 11.2. The van der Waals surface area contributed by atoms with Gasteiger partial charge in [-0.05, 0) is 41.8 Å². The monoisotopic (exact) mass is 449 g/mol. The van der Waals surface area contributed by atoms with Crippen LogP contribution >= 0.6 is 0 Å². The van der Waals surface area contributed by atoms with Crippen molar-refractivity contribution in [2.75, 3.05) is 6.61 Å². The van der Waals surface area contributed by atoms with Crippen molar-refractivity contribution in [3.8, 4) is 22.5 Å². The molecule has 6 nitrogen and oxygen atoms in total. The summed E-state index contributed by atoms with van der Waals surface area (Å²) in [7, 11) is 0. The Kier molecular flexibility index (Phi) is 6.55. The van der Waals surface area contributed by atoms with Gasteiger partial charge in [-0.2, -0.15) is 15.3 Å². The predicted molar refractivity (Wildman–Crippen MR) is 122 cm³/mol. The molecule has 0 amide bonds. The van der Waals surface area contributed by atoms with Crippen LogP contribution < -0.4 is 0 Å². The second-order valence-electron chi connectivity index (χ2n) is 8.21. The molecule has 3 aromatic heterocycles. The molecule has 4 aromatic rings. The zero-order chi connectivity index (χ0) is 23.5. The first-order valence-corrected chi connectivity index (χ1v) is 10.8. The average molecular weight is 450 g/mol. The lowest BCUT2D eigenvalue weighted by atomic mass is 9.91. The lowest BCUT2D eigenvalue weighted by Crippen LogP contribution is -2.10. The normalized spacial score (nSPS) is 12.3. The molecule has 170 valence electrons. The van der Waals surface area contributed by atoms with Crippen molar-refractivity contribution in [3.63, 3.8) is 0 Å². The van der Waals surface area contributed by atoms with Crippen LogP contribution in [-0.4, -0.2) is 36.7 Å². The highest BCUT2D eigenvalue weighted by Crippen LogP contribution is 2.33. The smallest absolute Gasteiger partial charge is 0.135 e. The number of rotatable bonds is 7. The van der Waals surface area contributed by atoms with E-state index < -0.39 is 11.6 Å². The molecule has 0 bridgehead atoms. The molecule has 0 radical (unpaired) electrons. The van der Waals surface area contributed by atoms with E-state index in [0.717, 1.165) is 22.5 Å². The number of halogens is 2. The van der Waals surface area contributed by atoms with Crippen LogP contribution in [0.25, 0.3) is 22.5 Å².